The zero-order chi connectivity index (χ0) is 13.5. The van der Waals surface area contributed by atoms with Gasteiger partial charge in [0.15, 0.2) is 0 Å². The van der Waals surface area contributed by atoms with Crippen LogP contribution < -0.4 is 0 Å². The minimum Gasteiger partial charge on any atom is -0.342 e. The molecule has 2 rings (SSSR count). The first-order valence-electron chi connectivity index (χ1n) is 7.25. The van der Waals surface area contributed by atoms with E-state index in [1.54, 1.807) is 0 Å². The highest BCUT2D eigenvalue weighted by Crippen LogP contribution is 2.26. The fraction of sp³-hybridized carbons (Fsp3) is 0.471. The predicted molar refractivity (Wildman–Crippen MR) is 79.0 cm³/mol. The van der Waals surface area contributed by atoms with Crippen LogP contribution in [0.15, 0.2) is 43.0 Å². The minimum atomic E-state index is 0.280. The lowest BCUT2D eigenvalue weighted by Crippen LogP contribution is -2.33. The number of nitrogens with zero attached hydrogens (tertiary/aromatic N) is 1. The Labute approximate surface area is 116 Å². The van der Waals surface area contributed by atoms with Crippen LogP contribution in [-0.2, 0) is 4.79 Å². The van der Waals surface area contributed by atoms with Gasteiger partial charge in [-0.25, -0.2) is 0 Å². The Hall–Kier alpha value is -1.57. The molecule has 0 radical (unpaired) electrons. The summed E-state index contributed by atoms with van der Waals surface area (Å²) in [6, 6.07) is 10.6. The van der Waals surface area contributed by atoms with Crippen LogP contribution >= 0.6 is 0 Å². The van der Waals surface area contributed by atoms with Crippen LogP contribution in [0.2, 0.25) is 0 Å². The van der Waals surface area contributed by atoms with Crippen molar-refractivity contribution >= 4 is 5.91 Å². The molecule has 19 heavy (non-hydrogen) atoms. The van der Waals surface area contributed by atoms with Gasteiger partial charge in [-0.3, -0.25) is 4.79 Å². The van der Waals surface area contributed by atoms with Crippen LogP contribution in [0.1, 0.15) is 43.6 Å². The van der Waals surface area contributed by atoms with Gasteiger partial charge in [0.1, 0.15) is 0 Å². The topological polar surface area (TPSA) is 20.3 Å². The van der Waals surface area contributed by atoms with Gasteiger partial charge in [-0.1, -0.05) is 42.8 Å². The molecule has 0 aromatic heterocycles. The number of hydrogen-bond donors (Lipinski definition) is 0. The molecular weight excluding hydrogens is 234 g/mol. The van der Waals surface area contributed by atoms with Crippen LogP contribution in [0.25, 0.3) is 0 Å². The number of allylic oxidation sites excluding steroid dienone is 1. The quantitative estimate of drug-likeness (QED) is 0.752. The Morgan fingerprint density at radius 2 is 2.11 bits per heavy atom. The first kappa shape index (κ1) is 13.9. The van der Waals surface area contributed by atoms with E-state index in [0.717, 1.165) is 25.9 Å². The van der Waals surface area contributed by atoms with Gasteiger partial charge in [0, 0.05) is 25.4 Å². The number of carbonyl (C=O) groups excluding carboxylic acids is 1. The monoisotopic (exact) mass is 257 g/mol. The van der Waals surface area contributed by atoms with E-state index in [2.05, 4.69) is 30.8 Å². The molecule has 2 heteroatoms. The number of carbonyl (C=O) groups is 1. The lowest BCUT2D eigenvalue weighted by molar-refractivity contribution is -0.131. The zero-order valence-corrected chi connectivity index (χ0v) is 11.6. The van der Waals surface area contributed by atoms with Crippen molar-refractivity contribution in [3.63, 3.8) is 0 Å². The Kier molecular flexibility index (Phi) is 5.20. The molecule has 2 nitrogen and oxygen atoms in total. The number of hydrogen-bond acceptors (Lipinski definition) is 1. The molecule has 1 aromatic carbocycles. The Morgan fingerprint density at radius 3 is 2.84 bits per heavy atom. The van der Waals surface area contributed by atoms with Gasteiger partial charge < -0.3 is 4.90 Å². The first-order chi connectivity index (χ1) is 9.31. The van der Waals surface area contributed by atoms with Crippen molar-refractivity contribution in [1.29, 1.82) is 0 Å². The zero-order valence-electron chi connectivity index (χ0n) is 11.6. The fourth-order valence-electron chi connectivity index (χ4n) is 2.75. The Balaban J connectivity index is 2.02. The number of likely N-dealkylation sites (tertiary alicyclic amines) is 1. The molecule has 0 saturated carbocycles. The highest BCUT2D eigenvalue weighted by molar-refractivity contribution is 5.76. The van der Waals surface area contributed by atoms with Gasteiger partial charge in [-0.05, 0) is 24.8 Å². The largest absolute Gasteiger partial charge is 0.342 e. The second kappa shape index (κ2) is 7.13. The van der Waals surface area contributed by atoms with Gasteiger partial charge in [0.2, 0.25) is 5.91 Å². The summed E-state index contributed by atoms with van der Waals surface area (Å²) >= 11 is 0. The van der Waals surface area contributed by atoms with Crippen molar-refractivity contribution in [3.8, 4) is 0 Å². The van der Waals surface area contributed by atoms with Gasteiger partial charge in [0.25, 0.3) is 0 Å². The van der Waals surface area contributed by atoms with E-state index >= 15 is 0 Å². The Bertz CT molecular complexity index is 413. The summed E-state index contributed by atoms with van der Waals surface area (Å²) in [6.45, 7) is 5.48. The average molecular weight is 257 g/mol. The van der Waals surface area contributed by atoms with Gasteiger partial charge in [-0.15, -0.1) is 6.58 Å². The molecule has 1 atom stereocenters. The van der Waals surface area contributed by atoms with Gasteiger partial charge in [0.05, 0.1) is 0 Å². The van der Waals surface area contributed by atoms with E-state index in [1.807, 2.05) is 17.0 Å². The molecule has 0 aliphatic carbocycles. The molecule has 1 saturated heterocycles. The summed E-state index contributed by atoms with van der Waals surface area (Å²) in [7, 11) is 0. The molecule has 1 aliphatic heterocycles. The van der Waals surface area contributed by atoms with E-state index in [0.29, 0.717) is 12.3 Å². The maximum absolute atomic E-state index is 12.2. The average Bonchev–Trinajstić information content (AvgIpc) is 2.71. The molecule has 0 spiro atoms. The van der Waals surface area contributed by atoms with Crippen LogP contribution in [0.3, 0.4) is 0 Å². The highest BCUT2D eigenvalue weighted by Gasteiger charge is 2.22. The summed E-state index contributed by atoms with van der Waals surface area (Å²) < 4.78 is 0. The van der Waals surface area contributed by atoms with Crippen LogP contribution in [-0.4, -0.2) is 23.9 Å². The maximum atomic E-state index is 12.2. The van der Waals surface area contributed by atoms with Crippen LogP contribution in [0.5, 0.6) is 0 Å². The third kappa shape index (κ3) is 3.95. The third-order valence-electron chi connectivity index (χ3n) is 3.86. The van der Waals surface area contributed by atoms with Crippen molar-refractivity contribution in [3.05, 3.63) is 48.6 Å². The summed E-state index contributed by atoms with van der Waals surface area (Å²) in [6.07, 6.45) is 6.74. The molecule has 1 fully saturated rings. The van der Waals surface area contributed by atoms with Crippen molar-refractivity contribution < 1.29 is 4.79 Å². The molecule has 1 aliphatic rings. The SMILES string of the molecule is C=CCCC(=O)N1CCCCC(c2ccccc2)C1. The molecule has 102 valence electrons. The first-order valence-corrected chi connectivity index (χ1v) is 7.25. The smallest absolute Gasteiger partial charge is 0.222 e. The van der Waals surface area contributed by atoms with Crippen LogP contribution in [0.4, 0.5) is 0 Å². The van der Waals surface area contributed by atoms with E-state index in [1.165, 1.54) is 18.4 Å². The summed E-state index contributed by atoms with van der Waals surface area (Å²) in [5.74, 6) is 0.777. The summed E-state index contributed by atoms with van der Waals surface area (Å²) in [4.78, 5) is 14.2. The second-order valence-electron chi connectivity index (χ2n) is 5.27. The molecule has 1 heterocycles. The van der Waals surface area contributed by atoms with E-state index in [-0.39, 0.29) is 5.91 Å². The number of amides is 1. The summed E-state index contributed by atoms with van der Waals surface area (Å²) in [5, 5.41) is 0. The van der Waals surface area contributed by atoms with Crippen molar-refractivity contribution in [2.24, 2.45) is 0 Å². The Morgan fingerprint density at radius 1 is 1.32 bits per heavy atom. The summed E-state index contributed by atoms with van der Waals surface area (Å²) in [5.41, 5.74) is 1.37. The molecule has 1 unspecified atom stereocenters. The number of rotatable bonds is 4. The normalized spacial score (nSPS) is 19.8. The molecule has 0 bridgehead atoms. The third-order valence-corrected chi connectivity index (χ3v) is 3.86. The molecule has 0 N–H and O–H groups in total. The molecule has 1 amide bonds. The highest BCUT2D eigenvalue weighted by atomic mass is 16.2. The standard InChI is InChI=1S/C17H23NO/c1-2-3-12-17(19)18-13-8-7-11-16(14-18)15-9-5-4-6-10-15/h2,4-6,9-10,16H,1,3,7-8,11-14H2. The second-order valence-corrected chi connectivity index (χ2v) is 5.27. The van der Waals surface area contributed by atoms with Gasteiger partial charge in [-0.2, -0.15) is 0 Å². The molecular formula is C17H23NO. The molecule has 1 aromatic rings. The van der Waals surface area contributed by atoms with Crippen molar-refractivity contribution in [2.45, 2.75) is 38.0 Å². The van der Waals surface area contributed by atoms with Crippen molar-refractivity contribution in [1.82, 2.24) is 4.90 Å². The predicted octanol–water partition coefficient (Wildman–Crippen LogP) is 3.75. The minimum absolute atomic E-state index is 0.280. The van der Waals surface area contributed by atoms with Crippen molar-refractivity contribution in [2.75, 3.05) is 13.1 Å². The maximum Gasteiger partial charge on any atom is 0.222 e. The van der Waals surface area contributed by atoms with Crippen LogP contribution in [0, 0.1) is 0 Å². The lowest BCUT2D eigenvalue weighted by atomic mass is 9.94. The lowest BCUT2D eigenvalue weighted by Gasteiger charge is -2.24. The van der Waals surface area contributed by atoms with E-state index in [9.17, 15) is 4.79 Å². The fourth-order valence-corrected chi connectivity index (χ4v) is 2.75. The van der Waals surface area contributed by atoms with Gasteiger partial charge >= 0.3 is 0 Å². The van der Waals surface area contributed by atoms with E-state index < -0.39 is 0 Å². The number of benzene rings is 1. The van der Waals surface area contributed by atoms with E-state index in [4.69, 9.17) is 0 Å².